The zero-order valence-corrected chi connectivity index (χ0v) is 15.1. The van der Waals surface area contributed by atoms with Crippen LogP contribution in [0.1, 0.15) is 27.2 Å². The molecule has 2 aromatic rings. The lowest BCUT2D eigenvalue weighted by Crippen LogP contribution is -2.39. The first-order valence-corrected chi connectivity index (χ1v) is 8.83. The fourth-order valence-electron chi connectivity index (χ4n) is 3.65. The average Bonchev–Trinajstić information content (AvgIpc) is 3.05. The third kappa shape index (κ3) is 3.93. The number of benzene rings is 1. The minimum Gasteiger partial charge on any atom is -0.377 e. The van der Waals surface area contributed by atoms with Crippen LogP contribution < -0.4 is 10.7 Å². The molecule has 0 bridgehead atoms. The predicted octanol–water partition coefficient (Wildman–Crippen LogP) is 2.57. The van der Waals surface area contributed by atoms with Crippen LogP contribution in [0.15, 0.2) is 41.3 Å². The highest BCUT2D eigenvalue weighted by atomic mass is 16.5. The van der Waals surface area contributed by atoms with Crippen molar-refractivity contribution in [1.29, 1.82) is 0 Å². The summed E-state index contributed by atoms with van der Waals surface area (Å²) in [7, 11) is 0. The Morgan fingerprint density at radius 2 is 2.04 bits per heavy atom. The number of para-hydroxylation sites is 1. The number of nitrogens with one attached hydrogen (secondary N) is 1. The summed E-state index contributed by atoms with van der Waals surface area (Å²) < 4.78 is 7.68. The molecule has 1 aliphatic heterocycles. The van der Waals surface area contributed by atoms with Gasteiger partial charge in [0.25, 0.3) is 0 Å². The van der Waals surface area contributed by atoms with E-state index in [0.29, 0.717) is 17.8 Å². The quantitative estimate of drug-likeness (QED) is 0.929. The van der Waals surface area contributed by atoms with Crippen LogP contribution in [-0.4, -0.2) is 29.7 Å². The Balaban J connectivity index is 1.66. The first-order chi connectivity index (χ1) is 11.9. The summed E-state index contributed by atoms with van der Waals surface area (Å²) in [4.78, 5) is 24.3. The minimum absolute atomic E-state index is 0.0246. The molecule has 2 heterocycles. The molecule has 1 fully saturated rings. The predicted molar refractivity (Wildman–Crippen MR) is 98.5 cm³/mol. The van der Waals surface area contributed by atoms with Crippen molar-refractivity contribution in [3.05, 3.63) is 46.8 Å². The van der Waals surface area contributed by atoms with Crippen LogP contribution in [0.4, 0.5) is 0 Å². The van der Waals surface area contributed by atoms with E-state index in [4.69, 9.17) is 4.74 Å². The van der Waals surface area contributed by atoms with E-state index in [0.717, 1.165) is 18.5 Å². The molecule has 1 aromatic heterocycles. The van der Waals surface area contributed by atoms with Crippen LogP contribution in [0.2, 0.25) is 0 Å². The number of carbonyl (C=O) groups is 1. The molecule has 2 atom stereocenters. The fourth-order valence-corrected chi connectivity index (χ4v) is 3.65. The van der Waals surface area contributed by atoms with E-state index in [9.17, 15) is 9.59 Å². The molecule has 3 rings (SSSR count). The van der Waals surface area contributed by atoms with Crippen LogP contribution in [-0.2, 0) is 16.1 Å². The molecule has 0 unspecified atom stereocenters. The number of fused-ring (bicyclic) bond motifs is 1. The van der Waals surface area contributed by atoms with Gasteiger partial charge in [0.05, 0.1) is 11.6 Å². The Bertz CT molecular complexity index is 820. The summed E-state index contributed by atoms with van der Waals surface area (Å²) >= 11 is 0. The molecule has 5 nitrogen and oxygen atoms in total. The summed E-state index contributed by atoms with van der Waals surface area (Å²) in [5, 5.41) is 3.67. The highest BCUT2D eigenvalue weighted by Gasteiger charge is 2.37. The summed E-state index contributed by atoms with van der Waals surface area (Å²) in [5.74, 6) is 0.295. The molecule has 1 saturated heterocycles. The molecule has 0 spiro atoms. The number of hydrogen-bond acceptors (Lipinski definition) is 3. The number of nitrogens with zero attached hydrogens (tertiary/aromatic N) is 1. The molecular formula is C20H26N2O3. The maximum absolute atomic E-state index is 12.4. The van der Waals surface area contributed by atoms with Crippen molar-refractivity contribution in [3.8, 4) is 0 Å². The zero-order chi connectivity index (χ0) is 18.0. The molecule has 25 heavy (non-hydrogen) atoms. The molecule has 5 heteroatoms. The first-order valence-electron chi connectivity index (χ1n) is 8.83. The van der Waals surface area contributed by atoms with Crippen molar-refractivity contribution in [2.45, 2.75) is 39.8 Å². The standard InChI is InChI=1S/C20H26N2O3/c1-20(2,3)19-14(9-11-25-19)12-21-18(24)13-22-10-8-17(23)15-6-4-5-7-16(15)22/h4-8,10,14,19H,9,11-13H2,1-3H3,(H,21,24)/t14-,19+/m1/s1. The van der Waals surface area contributed by atoms with E-state index >= 15 is 0 Å². The number of amides is 1. The van der Waals surface area contributed by atoms with E-state index in [2.05, 4.69) is 26.1 Å². The van der Waals surface area contributed by atoms with Crippen molar-refractivity contribution < 1.29 is 9.53 Å². The maximum atomic E-state index is 12.4. The normalized spacial score (nSPS) is 20.8. The Morgan fingerprint density at radius 3 is 2.80 bits per heavy atom. The topological polar surface area (TPSA) is 60.3 Å². The Labute approximate surface area is 148 Å². The van der Waals surface area contributed by atoms with Crippen LogP contribution >= 0.6 is 0 Å². The van der Waals surface area contributed by atoms with Gasteiger partial charge in [-0.1, -0.05) is 32.9 Å². The van der Waals surface area contributed by atoms with Gasteiger partial charge in [-0.15, -0.1) is 0 Å². The summed E-state index contributed by atoms with van der Waals surface area (Å²) in [6.07, 6.45) is 2.82. The largest absolute Gasteiger partial charge is 0.377 e. The van der Waals surface area contributed by atoms with E-state index in [1.54, 1.807) is 12.3 Å². The number of rotatable bonds is 4. The van der Waals surface area contributed by atoms with Gasteiger partial charge in [0.15, 0.2) is 5.43 Å². The Kier molecular flexibility index (Phi) is 4.95. The van der Waals surface area contributed by atoms with Gasteiger partial charge in [-0.3, -0.25) is 9.59 Å². The van der Waals surface area contributed by atoms with Gasteiger partial charge in [0, 0.05) is 36.7 Å². The smallest absolute Gasteiger partial charge is 0.239 e. The van der Waals surface area contributed by atoms with Crippen molar-refractivity contribution in [1.82, 2.24) is 9.88 Å². The summed E-state index contributed by atoms with van der Waals surface area (Å²) in [5.41, 5.74) is 0.825. The van der Waals surface area contributed by atoms with Crippen molar-refractivity contribution in [3.63, 3.8) is 0 Å². The van der Waals surface area contributed by atoms with Crippen LogP contribution in [0.5, 0.6) is 0 Å². The van der Waals surface area contributed by atoms with Crippen molar-refractivity contribution in [2.24, 2.45) is 11.3 Å². The average molecular weight is 342 g/mol. The summed E-state index contributed by atoms with van der Waals surface area (Å²) in [6, 6.07) is 8.87. The molecule has 0 radical (unpaired) electrons. The van der Waals surface area contributed by atoms with Crippen molar-refractivity contribution >= 4 is 16.8 Å². The molecule has 1 amide bonds. The van der Waals surface area contributed by atoms with Gasteiger partial charge in [-0.05, 0) is 24.0 Å². The molecular weight excluding hydrogens is 316 g/mol. The number of pyridine rings is 1. The van der Waals surface area contributed by atoms with Crippen molar-refractivity contribution in [2.75, 3.05) is 13.2 Å². The maximum Gasteiger partial charge on any atom is 0.239 e. The van der Waals surface area contributed by atoms with E-state index in [1.165, 1.54) is 6.07 Å². The number of carbonyl (C=O) groups excluding carboxylic acids is 1. The Morgan fingerprint density at radius 1 is 1.28 bits per heavy atom. The molecule has 1 N–H and O–H groups in total. The second-order valence-corrected chi connectivity index (χ2v) is 7.84. The highest BCUT2D eigenvalue weighted by Crippen LogP contribution is 2.34. The monoisotopic (exact) mass is 342 g/mol. The lowest BCUT2D eigenvalue weighted by Gasteiger charge is -2.31. The summed E-state index contributed by atoms with van der Waals surface area (Å²) in [6.45, 7) is 8.10. The second-order valence-electron chi connectivity index (χ2n) is 7.84. The minimum atomic E-state index is -0.0478. The Hall–Kier alpha value is -2.14. The number of hydrogen-bond donors (Lipinski definition) is 1. The third-order valence-corrected chi connectivity index (χ3v) is 4.83. The van der Waals surface area contributed by atoms with Crippen LogP contribution in [0.25, 0.3) is 10.9 Å². The molecule has 0 saturated carbocycles. The lowest BCUT2D eigenvalue weighted by atomic mass is 9.81. The fraction of sp³-hybridized carbons (Fsp3) is 0.500. The first kappa shape index (κ1) is 17.7. The highest BCUT2D eigenvalue weighted by molar-refractivity contribution is 5.82. The number of aromatic nitrogens is 1. The van der Waals surface area contributed by atoms with Gasteiger partial charge in [-0.2, -0.15) is 0 Å². The molecule has 134 valence electrons. The van der Waals surface area contributed by atoms with Gasteiger partial charge in [0.1, 0.15) is 6.54 Å². The van der Waals surface area contributed by atoms with Crippen LogP contribution in [0.3, 0.4) is 0 Å². The van der Waals surface area contributed by atoms with E-state index in [1.807, 2.05) is 22.8 Å². The van der Waals surface area contributed by atoms with E-state index < -0.39 is 0 Å². The molecule has 0 aliphatic carbocycles. The van der Waals surface area contributed by atoms with E-state index in [-0.39, 0.29) is 29.4 Å². The third-order valence-electron chi connectivity index (χ3n) is 4.83. The van der Waals surface area contributed by atoms with Crippen LogP contribution in [0, 0.1) is 11.3 Å². The molecule has 1 aliphatic rings. The van der Waals surface area contributed by atoms with Gasteiger partial charge in [-0.25, -0.2) is 0 Å². The molecule has 1 aromatic carbocycles. The zero-order valence-electron chi connectivity index (χ0n) is 15.1. The second kappa shape index (κ2) is 7.00. The van der Waals surface area contributed by atoms with Gasteiger partial charge >= 0.3 is 0 Å². The van der Waals surface area contributed by atoms with Gasteiger partial charge in [0.2, 0.25) is 5.91 Å². The lowest BCUT2D eigenvalue weighted by molar-refractivity contribution is -0.122. The van der Waals surface area contributed by atoms with Gasteiger partial charge < -0.3 is 14.6 Å². The number of ether oxygens (including phenoxy) is 1. The SMILES string of the molecule is CC(C)(C)[C@H]1OCC[C@@H]1CNC(=O)Cn1ccc(=O)c2ccccc21.